The van der Waals surface area contributed by atoms with E-state index in [1.54, 1.807) is 25.1 Å². The fourth-order valence-corrected chi connectivity index (χ4v) is 3.81. The summed E-state index contributed by atoms with van der Waals surface area (Å²) in [5, 5.41) is 14.1. The van der Waals surface area contributed by atoms with Crippen LogP contribution >= 0.6 is 0 Å². The lowest BCUT2D eigenvalue weighted by Gasteiger charge is -2.14. The normalized spacial score (nSPS) is 12.4. The molecule has 0 bridgehead atoms. The maximum atomic E-state index is 12.4. The molecule has 0 aliphatic rings. The number of hydrogen-bond acceptors (Lipinski definition) is 6. The summed E-state index contributed by atoms with van der Waals surface area (Å²) < 4.78 is 58.1. The van der Waals surface area contributed by atoms with Gasteiger partial charge in [0.25, 0.3) is 0 Å². The van der Waals surface area contributed by atoms with Gasteiger partial charge in [0.05, 0.1) is 5.39 Å². The zero-order valence-electron chi connectivity index (χ0n) is 20.3. The number of carboxylic acid groups (broad SMARTS) is 1. The average molecular weight is 515 g/mol. The van der Waals surface area contributed by atoms with E-state index in [1.165, 1.54) is 31.2 Å². The second-order valence-corrected chi connectivity index (χ2v) is 8.43. The number of rotatable bonds is 9. The molecule has 1 aromatic heterocycles. The number of benzene rings is 3. The molecule has 1 heterocycles. The van der Waals surface area contributed by atoms with Gasteiger partial charge in [-0.3, -0.25) is 0 Å². The number of alkyl halides is 3. The zero-order valence-corrected chi connectivity index (χ0v) is 20.3. The third kappa shape index (κ3) is 6.14. The first-order chi connectivity index (χ1) is 17.5. The van der Waals surface area contributed by atoms with Gasteiger partial charge in [-0.1, -0.05) is 18.5 Å². The van der Waals surface area contributed by atoms with Gasteiger partial charge in [0, 0.05) is 5.56 Å². The number of halogens is 3. The molecule has 0 aliphatic carbocycles. The molecule has 4 rings (SSSR count). The van der Waals surface area contributed by atoms with Crippen molar-refractivity contribution in [2.45, 2.75) is 46.1 Å². The number of carboxylic acids is 1. The number of nitrogens with zero attached hydrogens (tertiary/aromatic N) is 1. The van der Waals surface area contributed by atoms with Crippen molar-refractivity contribution >= 4 is 16.9 Å². The van der Waals surface area contributed by atoms with E-state index in [0.29, 0.717) is 45.9 Å². The molecule has 0 radical (unpaired) electrons. The molecule has 0 spiro atoms. The largest absolute Gasteiger partial charge is 0.573 e. The number of hydrogen-bond donors (Lipinski definition) is 1. The van der Waals surface area contributed by atoms with E-state index in [-0.39, 0.29) is 5.75 Å². The zero-order chi connectivity index (χ0) is 26.7. The number of aliphatic carboxylic acids is 1. The monoisotopic (exact) mass is 515 g/mol. The minimum absolute atomic E-state index is 0.337. The lowest BCUT2D eigenvalue weighted by Crippen LogP contribution is -2.23. The molecular weight excluding hydrogens is 491 g/mol. The molecule has 0 fully saturated rings. The summed E-state index contributed by atoms with van der Waals surface area (Å²) in [5.41, 5.74) is 3.56. The third-order valence-corrected chi connectivity index (χ3v) is 5.56. The van der Waals surface area contributed by atoms with E-state index in [4.69, 9.17) is 14.0 Å². The van der Waals surface area contributed by atoms with Crippen LogP contribution in [0.4, 0.5) is 13.2 Å². The Balaban J connectivity index is 1.64. The Labute approximate surface area is 210 Å². The number of ether oxygens (including phenoxy) is 3. The van der Waals surface area contributed by atoms with Gasteiger partial charge in [-0.2, -0.15) is 0 Å². The highest BCUT2D eigenvalue weighted by atomic mass is 19.4. The van der Waals surface area contributed by atoms with Crippen molar-refractivity contribution in [3.05, 3.63) is 65.7 Å². The van der Waals surface area contributed by atoms with E-state index in [9.17, 15) is 23.1 Å². The molecule has 0 saturated heterocycles. The molecule has 1 atom stereocenters. The van der Waals surface area contributed by atoms with Crippen molar-refractivity contribution in [1.29, 1.82) is 0 Å². The van der Waals surface area contributed by atoms with Gasteiger partial charge in [0.2, 0.25) is 0 Å². The van der Waals surface area contributed by atoms with Crippen molar-refractivity contribution in [2.75, 3.05) is 0 Å². The third-order valence-electron chi connectivity index (χ3n) is 5.56. The second kappa shape index (κ2) is 10.4. The van der Waals surface area contributed by atoms with Crippen LogP contribution in [0.25, 0.3) is 22.2 Å². The molecule has 4 aromatic rings. The lowest BCUT2D eigenvalue weighted by molar-refractivity contribution is -0.274. The Morgan fingerprint density at radius 3 is 2.38 bits per heavy atom. The van der Waals surface area contributed by atoms with Crippen LogP contribution in [0.1, 0.15) is 31.4 Å². The number of carbonyl (C=O) groups is 1. The molecule has 37 heavy (non-hydrogen) atoms. The van der Waals surface area contributed by atoms with Crippen molar-refractivity contribution < 1.29 is 41.8 Å². The second-order valence-electron chi connectivity index (χ2n) is 8.43. The van der Waals surface area contributed by atoms with E-state index < -0.39 is 18.4 Å². The van der Waals surface area contributed by atoms with Crippen molar-refractivity contribution in [3.8, 4) is 34.3 Å². The highest BCUT2D eigenvalue weighted by Crippen LogP contribution is 2.37. The maximum absolute atomic E-state index is 12.4. The summed E-state index contributed by atoms with van der Waals surface area (Å²) in [6, 6.07) is 14.0. The average Bonchev–Trinajstić information content (AvgIpc) is 3.22. The van der Waals surface area contributed by atoms with Crippen LogP contribution in [0.5, 0.6) is 23.0 Å². The molecule has 7 nitrogen and oxygen atoms in total. The van der Waals surface area contributed by atoms with Gasteiger partial charge in [-0.05, 0) is 86.0 Å². The molecule has 0 saturated carbocycles. The summed E-state index contributed by atoms with van der Waals surface area (Å²) in [4.78, 5) is 11.2. The van der Waals surface area contributed by atoms with E-state index in [2.05, 4.69) is 9.89 Å². The minimum Gasteiger partial charge on any atom is -0.479 e. The highest BCUT2D eigenvalue weighted by Gasteiger charge is 2.31. The van der Waals surface area contributed by atoms with Crippen LogP contribution in [-0.4, -0.2) is 28.7 Å². The van der Waals surface area contributed by atoms with Crippen LogP contribution in [0, 0.1) is 6.92 Å². The SMILES string of the molecule is CCCc1cc(Oc2ccc(OC(F)(F)F)cc2)ccc1-c1noc2cc(C)c(O[C@@H](C)C(=O)O)cc12. The summed E-state index contributed by atoms with van der Waals surface area (Å²) in [7, 11) is 0. The first-order valence-electron chi connectivity index (χ1n) is 11.5. The van der Waals surface area contributed by atoms with Gasteiger partial charge in [0.1, 0.15) is 28.7 Å². The van der Waals surface area contributed by atoms with Gasteiger partial charge >= 0.3 is 12.3 Å². The Morgan fingerprint density at radius 1 is 1.05 bits per heavy atom. The summed E-state index contributed by atoms with van der Waals surface area (Å²) >= 11 is 0. The number of fused-ring (bicyclic) bond motifs is 1. The minimum atomic E-state index is -4.77. The lowest BCUT2D eigenvalue weighted by atomic mass is 9.98. The molecule has 10 heteroatoms. The Hall–Kier alpha value is -4.21. The molecule has 1 N–H and O–H groups in total. The number of aromatic nitrogens is 1. The predicted molar refractivity (Wildman–Crippen MR) is 129 cm³/mol. The van der Waals surface area contributed by atoms with E-state index in [0.717, 1.165) is 17.5 Å². The predicted octanol–water partition coefficient (Wildman–Crippen LogP) is 7.30. The highest BCUT2D eigenvalue weighted by molar-refractivity contribution is 5.94. The van der Waals surface area contributed by atoms with Gasteiger partial charge < -0.3 is 23.8 Å². The fourth-order valence-electron chi connectivity index (χ4n) is 3.81. The van der Waals surface area contributed by atoms with Crippen LogP contribution in [0.3, 0.4) is 0 Å². The van der Waals surface area contributed by atoms with Gasteiger partial charge in [-0.25, -0.2) is 4.79 Å². The molecule has 194 valence electrons. The molecule has 0 amide bonds. The summed E-state index contributed by atoms with van der Waals surface area (Å²) in [5.74, 6) is -0.146. The van der Waals surface area contributed by atoms with Crippen LogP contribution in [0.15, 0.2) is 59.1 Å². The molecule has 0 unspecified atom stereocenters. The first-order valence-corrected chi connectivity index (χ1v) is 11.5. The molecule has 0 aliphatic heterocycles. The summed E-state index contributed by atoms with van der Waals surface area (Å²) in [6.45, 7) is 5.28. The van der Waals surface area contributed by atoms with Crippen molar-refractivity contribution in [2.24, 2.45) is 0 Å². The Kier molecular flexibility index (Phi) is 7.28. The fraction of sp³-hybridized carbons (Fsp3) is 0.259. The van der Waals surface area contributed by atoms with Crippen molar-refractivity contribution in [3.63, 3.8) is 0 Å². The van der Waals surface area contributed by atoms with Crippen molar-refractivity contribution in [1.82, 2.24) is 5.16 Å². The van der Waals surface area contributed by atoms with Crippen LogP contribution in [-0.2, 0) is 11.2 Å². The molecule has 3 aromatic carbocycles. The van der Waals surface area contributed by atoms with Crippen LogP contribution in [0.2, 0.25) is 0 Å². The first kappa shape index (κ1) is 25.9. The van der Waals surface area contributed by atoms with Gasteiger partial charge in [-0.15, -0.1) is 13.2 Å². The standard InChI is InChI=1S/C27H24F3NO6/c1-4-5-17-13-20(35-18-6-8-19(9-7-18)36-27(28,29)30)10-11-21(17)25-22-14-23(34-16(3)26(32)33)15(2)12-24(22)37-31-25/h6-14,16H,4-5H2,1-3H3,(H,32,33)/t16-/m0/s1. The maximum Gasteiger partial charge on any atom is 0.573 e. The quantitative estimate of drug-likeness (QED) is 0.250. The Bertz CT molecular complexity index is 1410. The van der Waals surface area contributed by atoms with Gasteiger partial charge in [0.15, 0.2) is 11.7 Å². The molecular formula is C27H24F3NO6. The smallest absolute Gasteiger partial charge is 0.479 e. The topological polar surface area (TPSA) is 91.0 Å². The number of aryl methyl sites for hydroxylation is 2. The van der Waals surface area contributed by atoms with E-state index in [1.807, 2.05) is 19.1 Å². The Morgan fingerprint density at radius 2 is 1.73 bits per heavy atom. The summed E-state index contributed by atoms with van der Waals surface area (Å²) in [6.07, 6.45) is -4.26. The van der Waals surface area contributed by atoms with E-state index >= 15 is 0 Å². The van der Waals surface area contributed by atoms with Crippen LogP contribution < -0.4 is 14.2 Å².